The Balaban J connectivity index is 0.000000167. The van der Waals surface area contributed by atoms with E-state index in [1.54, 1.807) is 0 Å². The first-order valence-electron chi connectivity index (χ1n) is 14.9. The van der Waals surface area contributed by atoms with E-state index in [2.05, 4.69) is 89.0 Å². The van der Waals surface area contributed by atoms with Crippen LogP contribution in [0.1, 0.15) is 47.7 Å². The van der Waals surface area contributed by atoms with E-state index in [1.165, 1.54) is 40.2 Å². The maximum atomic E-state index is 6.52. The van der Waals surface area contributed by atoms with Gasteiger partial charge in [0.05, 0.1) is 0 Å². The third kappa shape index (κ3) is 6.61. The highest BCUT2D eigenvalue weighted by molar-refractivity contribution is 7.98. The highest BCUT2D eigenvalue weighted by atomic mass is 35.5. The van der Waals surface area contributed by atoms with E-state index in [1.807, 2.05) is 17.1 Å². The van der Waals surface area contributed by atoms with Crippen LogP contribution in [0.4, 0.5) is 0 Å². The van der Waals surface area contributed by atoms with Gasteiger partial charge in [-0.25, -0.2) is 24.9 Å². The molecule has 2 aromatic carbocycles. The third-order valence-electron chi connectivity index (χ3n) is 7.86. The van der Waals surface area contributed by atoms with Gasteiger partial charge in [0, 0.05) is 17.7 Å². The molecular formula is C33H34Cl2N8OS2. The topological polar surface area (TPSA) is 107 Å². The summed E-state index contributed by atoms with van der Waals surface area (Å²) >= 11 is 15.5. The molecule has 9 nitrogen and oxygen atoms in total. The number of aromatic amines is 1. The molecule has 5 heterocycles. The molecule has 1 fully saturated rings. The normalized spacial score (nSPS) is 14.9. The van der Waals surface area contributed by atoms with Crippen molar-refractivity contribution in [1.82, 2.24) is 39.5 Å². The van der Waals surface area contributed by atoms with Gasteiger partial charge < -0.3 is 9.72 Å². The molecule has 1 unspecified atom stereocenters. The summed E-state index contributed by atoms with van der Waals surface area (Å²) in [6.07, 6.45) is 6.93. The number of thioether (sulfide) groups is 2. The van der Waals surface area contributed by atoms with Gasteiger partial charge in [-0.3, -0.25) is 4.57 Å². The first-order chi connectivity index (χ1) is 22.2. The second-order valence-corrected chi connectivity index (χ2v) is 13.5. The standard InChI is InChI=1S/C19H21ClN4OS.C14H13ClN4S/c1-11-7-8-13(12(2)10-11)15-16-17(23-19(22-15)26-3)24(18(20)21-16)14-6-4-5-9-25-14;1-7-4-5-9(8(2)6-7)10-11-12(18-13(15)16-11)19-14(17-10)20-3/h7-8,10,14H,4-6,9H2,1-3H3;4-6H,1-3H3,(H,16,17,18,19). The van der Waals surface area contributed by atoms with Crippen molar-refractivity contribution in [3.8, 4) is 22.5 Å². The minimum Gasteiger partial charge on any atom is -0.358 e. The molecule has 4 aromatic heterocycles. The molecule has 6 aromatic rings. The van der Waals surface area contributed by atoms with Crippen LogP contribution in [0, 0.1) is 27.7 Å². The summed E-state index contributed by atoms with van der Waals surface area (Å²) in [5.74, 6) is 0. The van der Waals surface area contributed by atoms with Crippen LogP contribution in [-0.4, -0.2) is 58.6 Å². The van der Waals surface area contributed by atoms with Crippen LogP contribution in [0.25, 0.3) is 44.8 Å². The number of nitrogens with zero attached hydrogens (tertiary/aromatic N) is 7. The molecule has 0 spiro atoms. The lowest BCUT2D eigenvalue weighted by molar-refractivity contribution is -0.0296. The Labute approximate surface area is 286 Å². The SMILES string of the molecule is CSc1nc(-c2ccc(C)cc2C)c2[nH]c(Cl)nc2n1.CSc1nc(-c2ccc(C)cc2C)c2nc(Cl)n(C3CCCCO3)c2n1. The van der Waals surface area contributed by atoms with E-state index in [-0.39, 0.29) is 6.23 Å². The number of nitrogens with one attached hydrogen (secondary N) is 1. The lowest BCUT2D eigenvalue weighted by atomic mass is 10.0. The minimum atomic E-state index is -0.113. The van der Waals surface area contributed by atoms with Crippen LogP contribution in [0.3, 0.4) is 0 Å². The number of fused-ring (bicyclic) bond motifs is 2. The largest absolute Gasteiger partial charge is 0.358 e. The summed E-state index contributed by atoms with van der Waals surface area (Å²) in [4.78, 5) is 30.3. The van der Waals surface area contributed by atoms with Gasteiger partial charge in [0.15, 0.2) is 21.6 Å². The van der Waals surface area contributed by atoms with E-state index >= 15 is 0 Å². The Hall–Kier alpha value is -3.22. The first-order valence-corrected chi connectivity index (χ1v) is 18.1. The summed E-state index contributed by atoms with van der Waals surface area (Å²) in [5, 5.41) is 2.14. The number of imidazole rings is 2. The second-order valence-electron chi connectivity index (χ2n) is 11.2. The summed E-state index contributed by atoms with van der Waals surface area (Å²) < 4.78 is 7.86. The van der Waals surface area contributed by atoms with Gasteiger partial charge in [-0.15, -0.1) is 0 Å². The van der Waals surface area contributed by atoms with Crippen LogP contribution in [0.15, 0.2) is 46.7 Å². The van der Waals surface area contributed by atoms with Gasteiger partial charge in [-0.05, 0) is 93.8 Å². The molecule has 1 atom stereocenters. The number of aromatic nitrogens is 8. The van der Waals surface area contributed by atoms with Gasteiger partial charge >= 0.3 is 0 Å². The van der Waals surface area contributed by atoms with Crippen LogP contribution in [-0.2, 0) is 4.74 Å². The molecule has 0 aliphatic carbocycles. The summed E-state index contributed by atoms with van der Waals surface area (Å²) in [5.41, 5.74) is 11.4. The molecule has 0 amide bonds. The Bertz CT molecular complexity index is 2060. The van der Waals surface area contributed by atoms with Gasteiger partial charge in [0.25, 0.3) is 0 Å². The molecule has 1 N–H and O–H groups in total. The molecule has 13 heteroatoms. The van der Waals surface area contributed by atoms with Crippen LogP contribution in [0.5, 0.6) is 0 Å². The van der Waals surface area contributed by atoms with Gasteiger partial charge in [-0.1, -0.05) is 71.0 Å². The second kappa shape index (κ2) is 13.9. The fraction of sp³-hybridized carbons (Fsp3) is 0.333. The fourth-order valence-electron chi connectivity index (χ4n) is 5.68. The molecule has 7 rings (SSSR count). The number of H-pyrrole nitrogens is 1. The van der Waals surface area contributed by atoms with E-state index in [9.17, 15) is 0 Å². The molecule has 0 radical (unpaired) electrons. The van der Waals surface area contributed by atoms with Gasteiger partial charge in [0.2, 0.25) is 10.6 Å². The van der Waals surface area contributed by atoms with Crippen LogP contribution in [0.2, 0.25) is 10.6 Å². The molecule has 1 aliphatic heterocycles. The van der Waals surface area contributed by atoms with Gasteiger partial charge in [0.1, 0.15) is 28.6 Å². The zero-order valence-electron chi connectivity index (χ0n) is 26.5. The van der Waals surface area contributed by atoms with Crippen molar-refractivity contribution >= 4 is 69.1 Å². The number of aryl methyl sites for hydroxylation is 4. The molecule has 238 valence electrons. The molecule has 1 aliphatic rings. The average Bonchev–Trinajstić information content (AvgIpc) is 3.59. The Morgan fingerprint density at radius 2 is 1.41 bits per heavy atom. The molecule has 0 bridgehead atoms. The van der Waals surface area contributed by atoms with E-state index in [0.717, 1.165) is 70.6 Å². The fourth-order valence-corrected chi connectivity index (χ4v) is 6.85. The maximum absolute atomic E-state index is 6.52. The predicted octanol–water partition coefficient (Wildman–Crippen LogP) is 9.20. The monoisotopic (exact) mass is 692 g/mol. The lowest BCUT2D eigenvalue weighted by Crippen LogP contribution is -2.18. The van der Waals surface area contributed by atoms with Crippen molar-refractivity contribution in [1.29, 1.82) is 0 Å². The van der Waals surface area contributed by atoms with Crippen molar-refractivity contribution in [2.45, 2.75) is 63.5 Å². The van der Waals surface area contributed by atoms with Crippen molar-refractivity contribution < 1.29 is 4.74 Å². The van der Waals surface area contributed by atoms with Crippen molar-refractivity contribution in [2.24, 2.45) is 0 Å². The number of rotatable bonds is 5. The van der Waals surface area contributed by atoms with Crippen molar-refractivity contribution in [2.75, 3.05) is 19.1 Å². The number of halogens is 2. The van der Waals surface area contributed by atoms with Crippen LogP contribution < -0.4 is 0 Å². The highest BCUT2D eigenvalue weighted by Gasteiger charge is 2.25. The summed E-state index contributed by atoms with van der Waals surface area (Å²) in [6.45, 7) is 9.08. The third-order valence-corrected chi connectivity index (χ3v) is 9.40. The summed E-state index contributed by atoms with van der Waals surface area (Å²) in [6, 6.07) is 12.6. The van der Waals surface area contributed by atoms with E-state index in [4.69, 9.17) is 37.9 Å². The van der Waals surface area contributed by atoms with E-state index < -0.39 is 0 Å². The Kier molecular flexibility index (Phi) is 9.86. The lowest BCUT2D eigenvalue weighted by Gasteiger charge is -2.24. The maximum Gasteiger partial charge on any atom is 0.207 e. The number of hydrogen-bond acceptors (Lipinski definition) is 9. The molecule has 0 saturated carbocycles. The van der Waals surface area contributed by atoms with E-state index in [0.29, 0.717) is 26.5 Å². The summed E-state index contributed by atoms with van der Waals surface area (Å²) in [7, 11) is 0. The Morgan fingerprint density at radius 3 is 2.02 bits per heavy atom. The Morgan fingerprint density at radius 1 is 0.783 bits per heavy atom. The zero-order valence-corrected chi connectivity index (χ0v) is 29.6. The zero-order chi connectivity index (χ0) is 32.5. The molecular weight excluding hydrogens is 659 g/mol. The number of benzene rings is 2. The smallest absolute Gasteiger partial charge is 0.207 e. The first kappa shape index (κ1) is 32.7. The van der Waals surface area contributed by atoms with Crippen LogP contribution >= 0.6 is 46.7 Å². The quantitative estimate of drug-likeness (QED) is 0.107. The predicted molar refractivity (Wildman–Crippen MR) is 189 cm³/mol. The minimum absolute atomic E-state index is 0.113. The molecule has 1 saturated heterocycles. The average molecular weight is 694 g/mol. The van der Waals surface area contributed by atoms with Gasteiger partial charge in [-0.2, -0.15) is 4.98 Å². The number of ether oxygens (including phenoxy) is 1. The highest BCUT2D eigenvalue weighted by Crippen LogP contribution is 2.36. The molecule has 46 heavy (non-hydrogen) atoms. The van der Waals surface area contributed by atoms with Crippen molar-refractivity contribution in [3.63, 3.8) is 0 Å². The van der Waals surface area contributed by atoms with Crippen molar-refractivity contribution in [3.05, 3.63) is 69.2 Å². The number of hydrogen-bond donors (Lipinski definition) is 1.